The maximum Gasteiger partial charge on any atom is 0.239 e. The molecule has 2 rings (SSSR count). The zero-order chi connectivity index (χ0) is 11.5. The maximum absolute atomic E-state index is 11.5. The Kier molecular flexibility index (Phi) is 3.83. The molecule has 0 bridgehead atoms. The number of thiocarbonyl (C=S) groups is 1. The van der Waals surface area contributed by atoms with Gasteiger partial charge in [0, 0.05) is 10.2 Å². The van der Waals surface area contributed by atoms with E-state index in [4.69, 9.17) is 12.2 Å². The Labute approximate surface area is 112 Å². The van der Waals surface area contributed by atoms with Gasteiger partial charge in [-0.3, -0.25) is 9.69 Å². The van der Waals surface area contributed by atoms with Crippen LogP contribution in [0.25, 0.3) is 0 Å². The standard InChI is InChI=1S/C10H9BrN2OS2/c11-7-3-1-2-4-8(7)12-6-13-9(14)5-16-10(13)15/h1-4,12H,5-6H2. The lowest BCUT2D eigenvalue weighted by Crippen LogP contribution is -2.33. The van der Waals surface area contributed by atoms with Gasteiger partial charge in [0.1, 0.15) is 4.32 Å². The van der Waals surface area contributed by atoms with Crippen LogP contribution in [-0.2, 0) is 4.79 Å². The lowest BCUT2D eigenvalue weighted by molar-refractivity contribution is -0.123. The molecule has 1 fully saturated rings. The summed E-state index contributed by atoms with van der Waals surface area (Å²) in [5, 5.41) is 3.17. The van der Waals surface area contributed by atoms with Gasteiger partial charge in [0.2, 0.25) is 5.91 Å². The third-order valence-corrected chi connectivity index (χ3v) is 4.27. The fraction of sp³-hybridized carbons (Fsp3) is 0.200. The molecular formula is C10H9BrN2OS2. The molecule has 0 spiro atoms. The highest BCUT2D eigenvalue weighted by Crippen LogP contribution is 2.23. The average molecular weight is 317 g/mol. The first-order valence-electron chi connectivity index (χ1n) is 4.64. The number of amides is 1. The van der Waals surface area contributed by atoms with Crippen molar-refractivity contribution in [1.82, 2.24) is 4.90 Å². The van der Waals surface area contributed by atoms with Crippen molar-refractivity contribution in [2.75, 3.05) is 17.7 Å². The first-order chi connectivity index (χ1) is 7.68. The maximum atomic E-state index is 11.5. The quantitative estimate of drug-likeness (QED) is 0.869. The Bertz CT molecular complexity index is 423. The van der Waals surface area contributed by atoms with Crippen LogP contribution in [0.1, 0.15) is 0 Å². The number of benzene rings is 1. The van der Waals surface area contributed by atoms with E-state index in [1.165, 1.54) is 11.8 Å². The normalized spacial score (nSPS) is 15.7. The molecule has 1 aliphatic heterocycles. The second kappa shape index (κ2) is 5.16. The Morgan fingerprint density at radius 3 is 2.88 bits per heavy atom. The van der Waals surface area contributed by atoms with Crippen molar-refractivity contribution >= 4 is 55.8 Å². The van der Waals surface area contributed by atoms with E-state index in [9.17, 15) is 4.79 Å². The highest BCUT2D eigenvalue weighted by atomic mass is 79.9. The molecule has 0 atom stereocenters. The minimum Gasteiger partial charge on any atom is -0.366 e. The highest BCUT2D eigenvalue weighted by Gasteiger charge is 2.25. The number of carbonyl (C=O) groups excluding carboxylic acids is 1. The number of hydrogen-bond acceptors (Lipinski definition) is 4. The molecule has 1 aromatic rings. The zero-order valence-electron chi connectivity index (χ0n) is 8.27. The van der Waals surface area contributed by atoms with Crippen LogP contribution >= 0.6 is 39.9 Å². The van der Waals surface area contributed by atoms with E-state index in [0.29, 0.717) is 16.7 Å². The van der Waals surface area contributed by atoms with Gasteiger partial charge in [-0.25, -0.2) is 0 Å². The first-order valence-corrected chi connectivity index (χ1v) is 6.82. The molecule has 1 aliphatic rings. The summed E-state index contributed by atoms with van der Waals surface area (Å²) in [6.45, 7) is 0.424. The topological polar surface area (TPSA) is 32.3 Å². The first kappa shape index (κ1) is 11.9. The van der Waals surface area contributed by atoms with Crippen LogP contribution in [0.15, 0.2) is 28.7 Å². The minimum atomic E-state index is 0.0644. The molecule has 0 saturated carbocycles. The summed E-state index contributed by atoms with van der Waals surface area (Å²) in [5.74, 6) is 0.519. The zero-order valence-corrected chi connectivity index (χ0v) is 11.5. The Balaban J connectivity index is 2.00. The van der Waals surface area contributed by atoms with Gasteiger partial charge in [-0.05, 0) is 28.1 Å². The summed E-state index contributed by atoms with van der Waals surface area (Å²) in [5.41, 5.74) is 0.954. The van der Waals surface area contributed by atoms with E-state index in [0.717, 1.165) is 10.2 Å². The van der Waals surface area contributed by atoms with E-state index >= 15 is 0 Å². The summed E-state index contributed by atoms with van der Waals surface area (Å²) < 4.78 is 1.62. The van der Waals surface area contributed by atoms with Gasteiger partial charge in [-0.1, -0.05) is 36.1 Å². The number of thioether (sulfide) groups is 1. The highest BCUT2D eigenvalue weighted by molar-refractivity contribution is 9.10. The van der Waals surface area contributed by atoms with Crippen molar-refractivity contribution in [1.29, 1.82) is 0 Å². The van der Waals surface area contributed by atoms with E-state index in [-0.39, 0.29) is 5.91 Å². The summed E-state index contributed by atoms with van der Waals surface area (Å²) in [7, 11) is 0. The summed E-state index contributed by atoms with van der Waals surface area (Å²) >= 11 is 9.92. The van der Waals surface area contributed by atoms with Crippen LogP contribution in [0.5, 0.6) is 0 Å². The summed E-state index contributed by atoms with van der Waals surface area (Å²) in [6.07, 6.45) is 0. The van der Waals surface area contributed by atoms with Crippen molar-refractivity contribution in [2.45, 2.75) is 0 Å². The molecule has 1 heterocycles. The number of para-hydroxylation sites is 1. The van der Waals surface area contributed by atoms with Crippen molar-refractivity contribution in [3.63, 3.8) is 0 Å². The molecule has 16 heavy (non-hydrogen) atoms. The molecule has 1 N–H and O–H groups in total. The molecule has 84 valence electrons. The van der Waals surface area contributed by atoms with E-state index < -0.39 is 0 Å². The number of anilines is 1. The SMILES string of the molecule is O=C1CSC(=S)N1CNc1ccccc1Br. The fourth-order valence-electron chi connectivity index (χ4n) is 1.30. The molecule has 6 heteroatoms. The van der Waals surface area contributed by atoms with Gasteiger partial charge in [-0.15, -0.1) is 0 Å². The number of nitrogens with one attached hydrogen (secondary N) is 1. The predicted octanol–water partition coefficient (Wildman–Crippen LogP) is 2.68. The van der Waals surface area contributed by atoms with Crippen molar-refractivity contribution in [3.8, 4) is 0 Å². The van der Waals surface area contributed by atoms with E-state index in [1.807, 2.05) is 24.3 Å². The second-order valence-electron chi connectivity index (χ2n) is 3.19. The number of carbonyl (C=O) groups is 1. The lowest BCUT2D eigenvalue weighted by Gasteiger charge is -2.17. The number of hydrogen-bond donors (Lipinski definition) is 1. The smallest absolute Gasteiger partial charge is 0.239 e. The number of nitrogens with zero attached hydrogens (tertiary/aromatic N) is 1. The van der Waals surface area contributed by atoms with Crippen LogP contribution in [0.2, 0.25) is 0 Å². The molecule has 1 amide bonds. The van der Waals surface area contributed by atoms with Gasteiger partial charge < -0.3 is 5.32 Å². The molecule has 1 aromatic carbocycles. The van der Waals surface area contributed by atoms with Crippen molar-refractivity contribution in [2.24, 2.45) is 0 Å². The van der Waals surface area contributed by atoms with Gasteiger partial charge in [0.05, 0.1) is 12.4 Å². The Hall–Kier alpha value is -0.590. The van der Waals surface area contributed by atoms with E-state index in [1.54, 1.807) is 4.90 Å². The summed E-state index contributed by atoms with van der Waals surface area (Å²) in [4.78, 5) is 13.0. The van der Waals surface area contributed by atoms with Crippen molar-refractivity contribution < 1.29 is 4.79 Å². The predicted molar refractivity (Wildman–Crippen MR) is 74.5 cm³/mol. The Morgan fingerprint density at radius 1 is 1.50 bits per heavy atom. The average Bonchev–Trinajstić information content (AvgIpc) is 2.58. The van der Waals surface area contributed by atoms with Crippen LogP contribution in [0.3, 0.4) is 0 Å². The van der Waals surface area contributed by atoms with Gasteiger partial charge in [0.15, 0.2) is 0 Å². The number of halogens is 1. The van der Waals surface area contributed by atoms with Gasteiger partial charge in [0.25, 0.3) is 0 Å². The van der Waals surface area contributed by atoms with Crippen LogP contribution < -0.4 is 5.32 Å². The molecule has 0 unspecified atom stereocenters. The molecule has 0 aromatic heterocycles. The fourth-order valence-corrected chi connectivity index (χ4v) is 2.80. The molecule has 0 radical (unpaired) electrons. The minimum absolute atomic E-state index is 0.0644. The Morgan fingerprint density at radius 2 is 2.25 bits per heavy atom. The third-order valence-electron chi connectivity index (χ3n) is 2.14. The molecule has 3 nitrogen and oxygen atoms in total. The third kappa shape index (κ3) is 2.56. The van der Waals surface area contributed by atoms with Crippen molar-refractivity contribution in [3.05, 3.63) is 28.7 Å². The summed E-state index contributed by atoms with van der Waals surface area (Å²) in [6, 6.07) is 7.77. The van der Waals surface area contributed by atoms with Gasteiger partial charge in [-0.2, -0.15) is 0 Å². The van der Waals surface area contributed by atoms with Crippen LogP contribution in [0.4, 0.5) is 5.69 Å². The molecule has 0 aliphatic carbocycles. The molecule has 1 saturated heterocycles. The number of rotatable bonds is 3. The second-order valence-corrected chi connectivity index (χ2v) is 5.65. The molecular weight excluding hydrogens is 308 g/mol. The lowest BCUT2D eigenvalue weighted by atomic mass is 10.3. The van der Waals surface area contributed by atoms with Gasteiger partial charge >= 0.3 is 0 Å². The van der Waals surface area contributed by atoms with Crippen LogP contribution in [-0.4, -0.2) is 27.5 Å². The van der Waals surface area contributed by atoms with E-state index in [2.05, 4.69) is 21.2 Å². The monoisotopic (exact) mass is 316 g/mol. The van der Waals surface area contributed by atoms with Crippen LogP contribution in [0, 0.1) is 0 Å². The largest absolute Gasteiger partial charge is 0.366 e.